The number of aromatic nitrogens is 2. The fraction of sp³-hybridized carbons (Fsp3) is 0.500. The van der Waals surface area contributed by atoms with E-state index in [9.17, 15) is 0 Å². The summed E-state index contributed by atoms with van der Waals surface area (Å²) in [6, 6.07) is 0. The van der Waals surface area contributed by atoms with Crippen molar-refractivity contribution in [3.05, 3.63) is 10.7 Å². The Morgan fingerprint density at radius 3 is 3.07 bits per heavy atom. The Bertz CT molecular complexity index is 296. The van der Waals surface area contributed by atoms with E-state index >= 15 is 0 Å². The Hall–Kier alpha value is -0.880. The van der Waals surface area contributed by atoms with Gasteiger partial charge in [0.1, 0.15) is 6.61 Å². The Balaban J connectivity index is 2.74. The van der Waals surface area contributed by atoms with Crippen molar-refractivity contribution in [1.82, 2.24) is 9.97 Å². The third-order valence-corrected chi connectivity index (χ3v) is 1.92. The van der Waals surface area contributed by atoms with Gasteiger partial charge in [-0.05, 0) is 22.9 Å². The van der Waals surface area contributed by atoms with Crippen LogP contribution in [0.1, 0.15) is 6.92 Å². The topological polar surface area (TPSA) is 67.3 Å². The first-order chi connectivity index (χ1) is 6.77. The van der Waals surface area contributed by atoms with Gasteiger partial charge in [0.2, 0.25) is 11.8 Å². The fourth-order valence-electron chi connectivity index (χ4n) is 0.838. The molecule has 0 atom stereocenters. The molecule has 0 fully saturated rings. The van der Waals surface area contributed by atoms with Gasteiger partial charge >= 0.3 is 0 Å². The highest BCUT2D eigenvalue weighted by molar-refractivity contribution is 9.10. The standard InChI is InChI=1S/C8H12BrN3O2/c1-2-10-8-11-5-6(9)7(12-8)14-4-3-13/h5,13H,2-4H2,1H3,(H,10,11,12). The maximum absolute atomic E-state index is 8.59. The third kappa shape index (κ3) is 3.12. The molecule has 1 rings (SSSR count). The second kappa shape index (κ2) is 5.77. The quantitative estimate of drug-likeness (QED) is 0.829. The van der Waals surface area contributed by atoms with Gasteiger partial charge in [-0.15, -0.1) is 0 Å². The first kappa shape index (κ1) is 11.2. The number of halogens is 1. The molecule has 1 aromatic rings. The second-order valence-corrected chi connectivity index (χ2v) is 3.30. The molecule has 14 heavy (non-hydrogen) atoms. The minimum Gasteiger partial charge on any atom is -0.474 e. The van der Waals surface area contributed by atoms with Gasteiger partial charge in [-0.2, -0.15) is 4.98 Å². The van der Waals surface area contributed by atoms with Crippen LogP contribution >= 0.6 is 15.9 Å². The Kier molecular flexibility index (Phi) is 4.61. The number of nitrogens with zero attached hydrogens (tertiary/aromatic N) is 2. The molecule has 0 radical (unpaired) electrons. The first-order valence-electron chi connectivity index (χ1n) is 4.28. The van der Waals surface area contributed by atoms with E-state index in [2.05, 4.69) is 31.2 Å². The normalized spacial score (nSPS) is 9.93. The van der Waals surface area contributed by atoms with Gasteiger partial charge in [0.25, 0.3) is 0 Å². The number of hydrogen-bond acceptors (Lipinski definition) is 5. The monoisotopic (exact) mass is 261 g/mol. The van der Waals surface area contributed by atoms with E-state index in [0.717, 1.165) is 6.54 Å². The smallest absolute Gasteiger partial charge is 0.232 e. The second-order valence-electron chi connectivity index (χ2n) is 2.45. The van der Waals surface area contributed by atoms with Gasteiger partial charge in [0.05, 0.1) is 17.3 Å². The van der Waals surface area contributed by atoms with E-state index in [-0.39, 0.29) is 13.2 Å². The molecule has 0 aliphatic carbocycles. The average molecular weight is 262 g/mol. The molecule has 2 N–H and O–H groups in total. The lowest BCUT2D eigenvalue weighted by molar-refractivity contribution is 0.196. The van der Waals surface area contributed by atoms with Crippen LogP contribution in [0.4, 0.5) is 5.95 Å². The van der Waals surface area contributed by atoms with Gasteiger partial charge in [-0.1, -0.05) is 0 Å². The highest BCUT2D eigenvalue weighted by Crippen LogP contribution is 2.22. The highest BCUT2D eigenvalue weighted by Gasteiger charge is 2.04. The van der Waals surface area contributed by atoms with Crippen LogP contribution < -0.4 is 10.1 Å². The molecule has 0 spiro atoms. The van der Waals surface area contributed by atoms with E-state index < -0.39 is 0 Å². The van der Waals surface area contributed by atoms with Crippen molar-refractivity contribution in [3.8, 4) is 5.88 Å². The molecule has 0 unspecified atom stereocenters. The summed E-state index contributed by atoms with van der Waals surface area (Å²) in [7, 11) is 0. The van der Waals surface area contributed by atoms with Crippen LogP contribution in [0, 0.1) is 0 Å². The molecule has 78 valence electrons. The Labute approximate surface area is 90.7 Å². The Morgan fingerprint density at radius 2 is 2.43 bits per heavy atom. The third-order valence-electron chi connectivity index (χ3n) is 1.38. The molecule has 0 aliphatic rings. The zero-order valence-electron chi connectivity index (χ0n) is 7.83. The molecule has 5 nitrogen and oxygen atoms in total. The van der Waals surface area contributed by atoms with Crippen LogP contribution in [-0.2, 0) is 0 Å². The number of hydrogen-bond donors (Lipinski definition) is 2. The molecular weight excluding hydrogens is 250 g/mol. The largest absolute Gasteiger partial charge is 0.474 e. The van der Waals surface area contributed by atoms with Crippen LogP contribution in [-0.4, -0.2) is 34.8 Å². The number of anilines is 1. The minimum absolute atomic E-state index is 0.0347. The Morgan fingerprint density at radius 1 is 1.64 bits per heavy atom. The summed E-state index contributed by atoms with van der Waals surface area (Å²) in [4.78, 5) is 8.12. The van der Waals surface area contributed by atoms with Crippen LogP contribution in [0.2, 0.25) is 0 Å². The zero-order valence-corrected chi connectivity index (χ0v) is 9.41. The summed E-state index contributed by atoms with van der Waals surface area (Å²) in [5, 5.41) is 11.6. The lowest BCUT2D eigenvalue weighted by Gasteiger charge is -2.07. The van der Waals surface area contributed by atoms with E-state index in [4.69, 9.17) is 9.84 Å². The predicted molar refractivity (Wildman–Crippen MR) is 56.5 cm³/mol. The van der Waals surface area contributed by atoms with Crippen molar-refractivity contribution in [2.45, 2.75) is 6.92 Å². The van der Waals surface area contributed by atoms with E-state index in [0.29, 0.717) is 16.3 Å². The number of aliphatic hydroxyl groups is 1. The van der Waals surface area contributed by atoms with Crippen molar-refractivity contribution in [2.75, 3.05) is 25.1 Å². The summed E-state index contributed by atoms with van der Waals surface area (Å²) in [6.45, 7) is 2.90. The van der Waals surface area contributed by atoms with Crippen LogP contribution in [0.5, 0.6) is 5.88 Å². The van der Waals surface area contributed by atoms with Gasteiger partial charge in [0.15, 0.2) is 0 Å². The molecule has 0 amide bonds. The lowest BCUT2D eigenvalue weighted by atomic mass is 10.6. The van der Waals surface area contributed by atoms with E-state index in [1.165, 1.54) is 0 Å². The van der Waals surface area contributed by atoms with E-state index in [1.54, 1.807) is 6.20 Å². The molecule has 1 heterocycles. The summed E-state index contributed by atoms with van der Waals surface area (Å²) >= 11 is 3.25. The van der Waals surface area contributed by atoms with E-state index in [1.807, 2.05) is 6.92 Å². The zero-order chi connectivity index (χ0) is 10.4. The first-order valence-corrected chi connectivity index (χ1v) is 5.07. The number of rotatable bonds is 5. The van der Waals surface area contributed by atoms with Crippen molar-refractivity contribution in [1.29, 1.82) is 0 Å². The summed E-state index contributed by atoms with van der Waals surface area (Å²) in [5.74, 6) is 0.952. The highest BCUT2D eigenvalue weighted by atomic mass is 79.9. The molecule has 0 aliphatic heterocycles. The maximum Gasteiger partial charge on any atom is 0.232 e. The number of ether oxygens (including phenoxy) is 1. The van der Waals surface area contributed by atoms with Crippen molar-refractivity contribution >= 4 is 21.9 Å². The molecule has 0 bridgehead atoms. The minimum atomic E-state index is -0.0347. The van der Waals surface area contributed by atoms with Crippen molar-refractivity contribution < 1.29 is 9.84 Å². The van der Waals surface area contributed by atoms with Crippen LogP contribution in [0.3, 0.4) is 0 Å². The maximum atomic E-state index is 8.59. The summed E-state index contributed by atoms with van der Waals surface area (Å²) in [6.07, 6.45) is 1.61. The van der Waals surface area contributed by atoms with Crippen LogP contribution in [0.15, 0.2) is 10.7 Å². The number of nitrogens with one attached hydrogen (secondary N) is 1. The lowest BCUT2D eigenvalue weighted by Crippen LogP contribution is -2.07. The molecule has 0 saturated carbocycles. The summed E-state index contributed by atoms with van der Waals surface area (Å²) in [5.41, 5.74) is 0. The van der Waals surface area contributed by atoms with Gasteiger partial charge < -0.3 is 15.2 Å². The average Bonchev–Trinajstić information content (AvgIpc) is 2.19. The molecule has 0 saturated heterocycles. The molecule has 1 aromatic heterocycles. The van der Waals surface area contributed by atoms with Gasteiger partial charge in [-0.3, -0.25) is 0 Å². The molecular formula is C8H12BrN3O2. The summed E-state index contributed by atoms with van der Waals surface area (Å²) < 4.78 is 5.86. The van der Waals surface area contributed by atoms with Crippen molar-refractivity contribution in [3.63, 3.8) is 0 Å². The van der Waals surface area contributed by atoms with Gasteiger partial charge in [0, 0.05) is 6.54 Å². The molecule has 6 heteroatoms. The molecule has 0 aromatic carbocycles. The number of aliphatic hydroxyl groups excluding tert-OH is 1. The SMILES string of the molecule is CCNc1ncc(Br)c(OCCO)n1. The van der Waals surface area contributed by atoms with Crippen molar-refractivity contribution in [2.24, 2.45) is 0 Å². The fourth-order valence-corrected chi connectivity index (χ4v) is 1.14. The van der Waals surface area contributed by atoms with Gasteiger partial charge in [-0.25, -0.2) is 4.98 Å². The predicted octanol–water partition coefficient (Wildman–Crippen LogP) is 1.04. The van der Waals surface area contributed by atoms with Crippen LogP contribution in [0.25, 0.3) is 0 Å².